The van der Waals surface area contributed by atoms with Crippen LogP contribution in [0.1, 0.15) is 33.2 Å². The number of nitrogens with zero attached hydrogens (tertiary/aromatic N) is 7. The molecule has 14 nitrogen and oxygen atoms in total. The molecule has 0 atom stereocenters. The topological polar surface area (TPSA) is 166 Å². The van der Waals surface area contributed by atoms with E-state index in [0.717, 1.165) is 56.9 Å². The Labute approximate surface area is 356 Å². The lowest BCUT2D eigenvalue weighted by atomic mass is 10.0. The number of esters is 2. The van der Waals surface area contributed by atoms with Gasteiger partial charge in [0.15, 0.2) is 0 Å². The van der Waals surface area contributed by atoms with E-state index in [4.69, 9.17) is 39.4 Å². The van der Waals surface area contributed by atoms with Gasteiger partial charge < -0.3 is 25.4 Å². The fraction of sp³-hybridized carbons (Fsp3) is 0.0833. The summed E-state index contributed by atoms with van der Waals surface area (Å²) in [6.07, 6.45) is 0.989. The fourth-order valence-electron chi connectivity index (χ4n) is 6.85. The van der Waals surface area contributed by atoms with E-state index in [9.17, 15) is 9.59 Å². The average molecular weight is 819 g/mol. The number of guanidine groups is 6. The molecule has 6 aromatic rings. The summed E-state index contributed by atoms with van der Waals surface area (Å²) >= 11 is 0. The molecule has 14 heteroatoms. The number of benzene rings is 6. The quantitative estimate of drug-likeness (QED) is 0.122. The Balaban J connectivity index is 0.983. The second-order valence-electron chi connectivity index (χ2n) is 14.2. The molecule has 3 N–H and O–H groups in total. The molecule has 0 amide bonds. The standard InChI is InChI=1S/C48H38N10O4/c1-4-29-5-7-30(8-6-29)33-17-23-38(24-18-33)49-43-52-46-54-44(50-39-25-19-34(20-26-39)31-9-13-36(14-10-31)41(59)61-2)56-48-57-45(55-47(53-43)58(46)48)51-40-27-21-35(22-28-40)32-11-15-37(16-12-32)42(60)62-3/h5-28H,4H2,1-3H3,(H3,49,50,51,52,53,54,55,56,57). The molecule has 9 rings (SSSR count). The second-order valence-corrected chi connectivity index (χ2v) is 14.2. The van der Waals surface area contributed by atoms with Crippen LogP contribution in [0.25, 0.3) is 33.4 Å². The smallest absolute Gasteiger partial charge is 0.337 e. The van der Waals surface area contributed by atoms with Crippen molar-refractivity contribution in [3.63, 3.8) is 0 Å². The van der Waals surface area contributed by atoms with E-state index in [-0.39, 0.29) is 47.7 Å². The fourth-order valence-corrected chi connectivity index (χ4v) is 6.85. The summed E-state index contributed by atoms with van der Waals surface area (Å²) in [7, 11) is 2.72. The van der Waals surface area contributed by atoms with Crippen molar-refractivity contribution in [2.24, 2.45) is 30.0 Å². The van der Waals surface area contributed by atoms with Crippen molar-refractivity contribution in [2.75, 3.05) is 30.2 Å². The Hall–Kier alpha value is -8.52. The van der Waals surface area contributed by atoms with Crippen molar-refractivity contribution in [3.8, 4) is 33.4 Å². The Kier molecular flexibility index (Phi) is 10.7. The molecule has 0 aromatic heterocycles. The van der Waals surface area contributed by atoms with Gasteiger partial charge in [0.2, 0.25) is 35.8 Å². The minimum atomic E-state index is -0.385. The van der Waals surface area contributed by atoms with Gasteiger partial charge in [0.1, 0.15) is 0 Å². The van der Waals surface area contributed by atoms with Gasteiger partial charge in [-0.1, -0.05) is 91.9 Å². The lowest BCUT2D eigenvalue weighted by Gasteiger charge is -2.30. The minimum Gasteiger partial charge on any atom is -0.465 e. The largest absolute Gasteiger partial charge is 0.465 e. The van der Waals surface area contributed by atoms with Crippen LogP contribution >= 0.6 is 0 Å². The summed E-state index contributed by atoms with van der Waals surface area (Å²) in [6, 6.07) is 46.6. The zero-order chi connectivity index (χ0) is 42.6. The van der Waals surface area contributed by atoms with Crippen molar-refractivity contribution in [2.45, 2.75) is 13.3 Å². The van der Waals surface area contributed by atoms with Crippen LogP contribution in [0, 0.1) is 0 Å². The summed E-state index contributed by atoms with van der Waals surface area (Å²) < 4.78 is 9.65. The van der Waals surface area contributed by atoms with Crippen LogP contribution < -0.4 is 16.0 Å². The molecule has 3 heterocycles. The van der Waals surface area contributed by atoms with Gasteiger partial charge in [-0.05, 0) is 106 Å². The molecule has 3 aliphatic heterocycles. The third kappa shape index (κ3) is 8.33. The molecule has 0 aliphatic carbocycles. The number of nitrogens with one attached hydrogen (secondary N) is 3. The molecule has 304 valence electrons. The highest BCUT2D eigenvalue weighted by atomic mass is 16.5. The Morgan fingerprint density at radius 1 is 0.419 bits per heavy atom. The number of carbonyl (C=O) groups excluding carboxylic acids is 2. The number of ether oxygens (including phenoxy) is 2. The van der Waals surface area contributed by atoms with E-state index >= 15 is 0 Å². The first kappa shape index (κ1) is 39.0. The molecule has 0 saturated carbocycles. The SMILES string of the molecule is CCc1ccc(-c2ccc(NC3=NC4=NC(Nc5ccc(-c6ccc(C(=O)OC)cc6)cc5)=NC5=NC(Nc6ccc(-c7ccc(C(=O)OC)cc7)cc6)=NC(=N3)N45)cc2)cc1. The number of anilines is 3. The second kappa shape index (κ2) is 17.0. The molecular weight excluding hydrogens is 781 g/mol. The van der Waals surface area contributed by atoms with Crippen LogP contribution in [0.5, 0.6) is 0 Å². The molecule has 62 heavy (non-hydrogen) atoms. The maximum atomic E-state index is 11.9. The third-order valence-electron chi connectivity index (χ3n) is 10.2. The van der Waals surface area contributed by atoms with Crippen LogP contribution in [-0.4, -0.2) is 66.8 Å². The number of hydrogen-bond donors (Lipinski definition) is 3. The number of rotatable bonds is 9. The molecule has 0 unspecified atom stereocenters. The Bertz CT molecular complexity index is 2760. The summed E-state index contributed by atoms with van der Waals surface area (Å²) in [5.74, 6) is 0.843. The summed E-state index contributed by atoms with van der Waals surface area (Å²) in [6.45, 7) is 2.14. The van der Waals surface area contributed by atoms with Crippen molar-refractivity contribution in [3.05, 3.63) is 162 Å². The molecule has 0 radical (unpaired) electrons. The first-order valence-electron chi connectivity index (χ1n) is 19.7. The highest BCUT2D eigenvalue weighted by Crippen LogP contribution is 2.27. The normalized spacial score (nSPS) is 13.8. The first-order chi connectivity index (χ1) is 30.3. The van der Waals surface area contributed by atoms with Crippen LogP contribution in [0.4, 0.5) is 17.1 Å². The van der Waals surface area contributed by atoms with Crippen LogP contribution in [0.2, 0.25) is 0 Å². The number of aliphatic imine (C=N–C) groups is 6. The maximum absolute atomic E-state index is 11.9. The molecule has 0 saturated heterocycles. The number of aryl methyl sites for hydroxylation is 1. The van der Waals surface area contributed by atoms with Gasteiger partial charge in [-0.25, -0.2) is 14.5 Å². The zero-order valence-electron chi connectivity index (χ0n) is 33.8. The van der Waals surface area contributed by atoms with Gasteiger partial charge >= 0.3 is 11.9 Å². The van der Waals surface area contributed by atoms with E-state index in [1.165, 1.54) is 19.8 Å². The maximum Gasteiger partial charge on any atom is 0.337 e. The predicted molar refractivity (Wildman–Crippen MR) is 245 cm³/mol. The minimum absolute atomic E-state index is 0.261. The van der Waals surface area contributed by atoms with Gasteiger partial charge in [0, 0.05) is 17.1 Å². The van der Waals surface area contributed by atoms with Crippen LogP contribution in [-0.2, 0) is 15.9 Å². The van der Waals surface area contributed by atoms with Gasteiger partial charge in [-0.15, -0.1) is 0 Å². The van der Waals surface area contributed by atoms with E-state index in [0.29, 0.717) is 11.1 Å². The number of hydrogen-bond acceptors (Lipinski definition) is 14. The van der Waals surface area contributed by atoms with Crippen molar-refractivity contribution in [1.29, 1.82) is 0 Å². The summed E-state index contributed by atoms with van der Waals surface area (Å²) in [5, 5.41) is 9.92. The van der Waals surface area contributed by atoms with E-state index in [1.807, 2.05) is 84.9 Å². The molecular formula is C48H38N10O4. The van der Waals surface area contributed by atoms with E-state index in [2.05, 4.69) is 59.3 Å². The molecule has 6 aromatic carbocycles. The van der Waals surface area contributed by atoms with Gasteiger partial charge in [0.25, 0.3) is 0 Å². The molecule has 0 spiro atoms. The van der Waals surface area contributed by atoms with Crippen LogP contribution in [0.3, 0.4) is 0 Å². The lowest BCUT2D eigenvalue weighted by molar-refractivity contribution is 0.0592. The van der Waals surface area contributed by atoms with Crippen molar-refractivity contribution in [1.82, 2.24) is 4.90 Å². The Morgan fingerprint density at radius 3 is 0.968 bits per heavy atom. The highest BCUT2D eigenvalue weighted by Gasteiger charge is 2.35. The first-order valence-corrected chi connectivity index (χ1v) is 19.7. The Morgan fingerprint density at radius 2 is 0.694 bits per heavy atom. The van der Waals surface area contributed by atoms with E-state index < -0.39 is 0 Å². The summed E-state index contributed by atoms with van der Waals surface area (Å²) in [4.78, 5) is 53.9. The van der Waals surface area contributed by atoms with Crippen molar-refractivity contribution >= 4 is 64.8 Å². The number of carbonyl (C=O) groups is 2. The summed E-state index contributed by atoms with van der Waals surface area (Å²) in [5.41, 5.74) is 10.5. The van der Waals surface area contributed by atoms with Gasteiger partial charge in [-0.2, -0.15) is 30.0 Å². The predicted octanol–water partition coefficient (Wildman–Crippen LogP) is 8.94. The average Bonchev–Trinajstić information content (AvgIpc) is 3.32. The molecule has 0 bridgehead atoms. The molecule has 0 fully saturated rings. The third-order valence-corrected chi connectivity index (χ3v) is 10.2. The highest BCUT2D eigenvalue weighted by molar-refractivity contribution is 6.32. The number of methoxy groups -OCH3 is 2. The van der Waals surface area contributed by atoms with Gasteiger partial charge in [0.05, 0.1) is 25.3 Å². The van der Waals surface area contributed by atoms with E-state index in [1.54, 1.807) is 29.2 Å². The monoisotopic (exact) mass is 818 g/mol. The zero-order valence-corrected chi connectivity index (χ0v) is 33.8. The van der Waals surface area contributed by atoms with Gasteiger partial charge in [-0.3, -0.25) is 0 Å². The van der Waals surface area contributed by atoms with Crippen LogP contribution in [0.15, 0.2) is 176 Å². The molecule has 3 aliphatic rings. The lowest BCUT2D eigenvalue weighted by Crippen LogP contribution is -2.49. The van der Waals surface area contributed by atoms with Crippen molar-refractivity contribution < 1.29 is 19.1 Å².